The number of likely N-dealkylation sites (N-methyl/N-ethyl adjacent to an activating group) is 1. The van der Waals surface area contributed by atoms with Gasteiger partial charge < -0.3 is 10.1 Å². The van der Waals surface area contributed by atoms with Crippen molar-refractivity contribution in [2.24, 2.45) is 0 Å². The van der Waals surface area contributed by atoms with Crippen LogP contribution in [0.25, 0.3) is 0 Å². The molecule has 6 nitrogen and oxygen atoms in total. The van der Waals surface area contributed by atoms with Crippen LogP contribution in [0.5, 0.6) is 0 Å². The minimum Gasteiger partial charge on any atom is -0.374 e. The second-order valence-corrected chi connectivity index (χ2v) is 5.97. The number of nitrogens with zero attached hydrogens (tertiary/aromatic N) is 2. The molecule has 20 heavy (non-hydrogen) atoms. The highest BCUT2D eigenvalue weighted by molar-refractivity contribution is 7.15. The van der Waals surface area contributed by atoms with E-state index in [4.69, 9.17) is 4.74 Å². The number of ether oxygens (including phenoxy) is 1. The first-order valence-corrected chi connectivity index (χ1v) is 7.73. The van der Waals surface area contributed by atoms with Crippen molar-refractivity contribution in [2.45, 2.75) is 25.5 Å². The second-order valence-electron chi connectivity index (χ2n) is 4.88. The summed E-state index contributed by atoms with van der Waals surface area (Å²) in [5.41, 5.74) is 0. The molecule has 1 aromatic rings. The molecular weight excluding hydrogens is 278 g/mol. The van der Waals surface area contributed by atoms with E-state index in [1.54, 1.807) is 6.07 Å². The lowest BCUT2D eigenvalue weighted by Crippen LogP contribution is -2.48. The molecule has 0 saturated carbocycles. The Morgan fingerprint density at radius 2 is 2.40 bits per heavy atom. The van der Waals surface area contributed by atoms with Crippen molar-refractivity contribution >= 4 is 16.3 Å². The summed E-state index contributed by atoms with van der Waals surface area (Å²) in [7, 11) is 1.90. The smallest absolute Gasteiger partial charge is 0.324 e. The molecule has 0 bridgehead atoms. The van der Waals surface area contributed by atoms with Crippen LogP contribution in [0.4, 0.5) is 5.00 Å². The maximum absolute atomic E-state index is 10.9. The summed E-state index contributed by atoms with van der Waals surface area (Å²) in [5, 5.41) is 14.2. The van der Waals surface area contributed by atoms with Crippen molar-refractivity contribution in [3.8, 4) is 0 Å². The molecule has 1 fully saturated rings. The Kier molecular flexibility index (Phi) is 5.47. The van der Waals surface area contributed by atoms with E-state index in [1.807, 2.05) is 13.1 Å². The molecule has 2 heterocycles. The number of thiophene rings is 1. The number of nitrogens with one attached hydrogen (secondary N) is 1. The van der Waals surface area contributed by atoms with Crippen LogP contribution in [-0.2, 0) is 4.74 Å². The van der Waals surface area contributed by atoms with E-state index >= 15 is 0 Å². The summed E-state index contributed by atoms with van der Waals surface area (Å²) in [4.78, 5) is 13.9. The number of nitro groups is 1. The Morgan fingerprint density at radius 3 is 3.00 bits per heavy atom. The fraction of sp³-hybridized carbons (Fsp3) is 0.692. The van der Waals surface area contributed by atoms with E-state index in [0.717, 1.165) is 37.5 Å². The summed E-state index contributed by atoms with van der Waals surface area (Å²) < 4.78 is 5.86. The second kappa shape index (κ2) is 7.12. The minimum atomic E-state index is -0.324. The number of hydrogen-bond acceptors (Lipinski definition) is 6. The number of hydrogen-bond donors (Lipinski definition) is 1. The van der Waals surface area contributed by atoms with E-state index in [9.17, 15) is 10.1 Å². The molecule has 7 heteroatoms. The van der Waals surface area contributed by atoms with E-state index in [-0.39, 0.29) is 22.1 Å². The SMILES string of the molecule is CCCN1CCOC(CNC)C1c1ccc([N+](=O)[O-])s1. The standard InChI is InChI=1S/C13H21N3O3S/c1-3-6-15-7-8-19-10(9-14-2)13(15)11-4-5-12(20-11)16(17)18/h4-5,10,13-14H,3,6-9H2,1-2H3. The fourth-order valence-corrected chi connectivity index (χ4v) is 3.67. The minimum absolute atomic E-state index is 0.0403. The maximum Gasteiger partial charge on any atom is 0.324 e. The van der Waals surface area contributed by atoms with Crippen molar-refractivity contribution in [1.29, 1.82) is 0 Å². The van der Waals surface area contributed by atoms with Gasteiger partial charge in [0.05, 0.1) is 23.7 Å². The molecule has 1 aliphatic rings. The summed E-state index contributed by atoms with van der Waals surface area (Å²) in [6.07, 6.45) is 1.11. The molecule has 0 amide bonds. The van der Waals surface area contributed by atoms with Gasteiger partial charge in [-0.1, -0.05) is 18.3 Å². The van der Waals surface area contributed by atoms with Gasteiger partial charge >= 0.3 is 5.00 Å². The van der Waals surface area contributed by atoms with Crippen molar-refractivity contribution in [3.63, 3.8) is 0 Å². The van der Waals surface area contributed by atoms with Crippen molar-refractivity contribution < 1.29 is 9.66 Å². The Hall–Kier alpha value is -1.02. The van der Waals surface area contributed by atoms with Crippen LogP contribution < -0.4 is 5.32 Å². The maximum atomic E-state index is 10.9. The zero-order valence-corrected chi connectivity index (χ0v) is 12.7. The van der Waals surface area contributed by atoms with Gasteiger partial charge in [0.25, 0.3) is 0 Å². The molecule has 2 atom stereocenters. The van der Waals surface area contributed by atoms with E-state index in [2.05, 4.69) is 17.1 Å². The van der Waals surface area contributed by atoms with Gasteiger partial charge in [-0.2, -0.15) is 0 Å². The van der Waals surface area contributed by atoms with Crippen molar-refractivity contribution in [1.82, 2.24) is 10.2 Å². The molecule has 0 aliphatic carbocycles. The van der Waals surface area contributed by atoms with Gasteiger partial charge in [0.2, 0.25) is 0 Å². The Bertz CT molecular complexity index is 434. The molecule has 0 aromatic carbocycles. The lowest BCUT2D eigenvalue weighted by atomic mass is 10.0. The molecule has 2 rings (SSSR count). The van der Waals surface area contributed by atoms with Gasteiger partial charge in [0.15, 0.2) is 0 Å². The van der Waals surface area contributed by atoms with Crippen LogP contribution in [0.1, 0.15) is 24.3 Å². The van der Waals surface area contributed by atoms with E-state index in [0.29, 0.717) is 0 Å². The zero-order valence-electron chi connectivity index (χ0n) is 11.9. The van der Waals surface area contributed by atoms with E-state index < -0.39 is 0 Å². The fourth-order valence-electron chi connectivity index (χ4n) is 2.66. The first kappa shape index (κ1) is 15.4. The zero-order chi connectivity index (χ0) is 14.5. The van der Waals surface area contributed by atoms with Crippen molar-refractivity contribution in [3.05, 3.63) is 27.1 Å². The summed E-state index contributed by atoms with van der Waals surface area (Å²) in [6, 6.07) is 3.57. The predicted molar refractivity (Wildman–Crippen MR) is 79.2 cm³/mol. The molecule has 1 aromatic heterocycles. The Morgan fingerprint density at radius 1 is 1.60 bits per heavy atom. The predicted octanol–water partition coefficient (Wildman–Crippen LogP) is 2.03. The number of rotatable bonds is 6. The summed E-state index contributed by atoms with van der Waals surface area (Å²) in [5.74, 6) is 0. The highest BCUT2D eigenvalue weighted by Gasteiger charge is 2.34. The third-order valence-electron chi connectivity index (χ3n) is 3.46. The van der Waals surface area contributed by atoms with Gasteiger partial charge in [-0.3, -0.25) is 15.0 Å². The highest BCUT2D eigenvalue weighted by Crippen LogP contribution is 2.36. The van der Waals surface area contributed by atoms with Gasteiger partial charge in [0.1, 0.15) is 0 Å². The molecule has 112 valence electrons. The molecule has 0 radical (unpaired) electrons. The number of morpholine rings is 1. The first-order chi connectivity index (χ1) is 9.67. The lowest BCUT2D eigenvalue weighted by molar-refractivity contribution is -0.380. The van der Waals surface area contributed by atoms with Gasteiger partial charge in [-0.15, -0.1) is 0 Å². The van der Waals surface area contributed by atoms with Gasteiger partial charge in [-0.25, -0.2) is 0 Å². The molecule has 0 spiro atoms. The Balaban J connectivity index is 2.24. The lowest BCUT2D eigenvalue weighted by Gasteiger charge is -2.40. The average molecular weight is 299 g/mol. The molecule has 2 unspecified atom stereocenters. The average Bonchev–Trinajstić information content (AvgIpc) is 2.89. The van der Waals surface area contributed by atoms with Crippen molar-refractivity contribution in [2.75, 3.05) is 33.3 Å². The highest BCUT2D eigenvalue weighted by atomic mass is 32.1. The Labute approximate surface area is 122 Å². The molecular formula is C13H21N3O3S. The van der Waals surface area contributed by atoms with Crippen LogP contribution in [-0.4, -0.2) is 49.2 Å². The van der Waals surface area contributed by atoms with Gasteiger partial charge in [-0.05, 0) is 26.1 Å². The molecule has 1 aliphatic heterocycles. The largest absolute Gasteiger partial charge is 0.374 e. The molecule has 1 saturated heterocycles. The van der Waals surface area contributed by atoms with Crippen LogP contribution >= 0.6 is 11.3 Å². The van der Waals surface area contributed by atoms with Crippen LogP contribution in [0.3, 0.4) is 0 Å². The van der Waals surface area contributed by atoms with E-state index in [1.165, 1.54) is 11.3 Å². The molecule has 1 N–H and O–H groups in total. The third kappa shape index (κ3) is 3.35. The monoisotopic (exact) mass is 299 g/mol. The van der Waals surface area contributed by atoms with Crippen LogP contribution in [0.2, 0.25) is 0 Å². The van der Waals surface area contributed by atoms with Crippen LogP contribution in [0.15, 0.2) is 12.1 Å². The topological polar surface area (TPSA) is 67.6 Å². The third-order valence-corrected chi connectivity index (χ3v) is 4.56. The van der Waals surface area contributed by atoms with Gasteiger partial charge in [0, 0.05) is 24.0 Å². The first-order valence-electron chi connectivity index (χ1n) is 6.91. The van der Waals surface area contributed by atoms with Crippen LogP contribution in [0, 0.1) is 10.1 Å². The summed E-state index contributed by atoms with van der Waals surface area (Å²) >= 11 is 1.26. The normalized spacial score (nSPS) is 23.9. The summed E-state index contributed by atoms with van der Waals surface area (Å²) in [6.45, 7) is 5.48. The quantitative estimate of drug-likeness (QED) is 0.643.